The molecule has 2 N–H and O–H groups in total. The van der Waals surface area contributed by atoms with Crippen LogP contribution in [0.2, 0.25) is 0 Å². The summed E-state index contributed by atoms with van der Waals surface area (Å²) in [7, 11) is 0. The molecule has 0 aliphatic heterocycles. The number of hydrogen-bond donors (Lipinski definition) is 1. The molecule has 8 heteroatoms. The number of anilines is 1. The number of hydrogen-bond acceptors (Lipinski definition) is 4. The highest BCUT2D eigenvalue weighted by Crippen LogP contribution is 2.35. The van der Waals surface area contributed by atoms with Crippen LogP contribution in [0.5, 0.6) is 0 Å². The molecule has 3 aromatic rings. The van der Waals surface area contributed by atoms with Crippen molar-refractivity contribution in [3.05, 3.63) is 42.4 Å². The van der Waals surface area contributed by atoms with E-state index in [9.17, 15) is 13.2 Å². The van der Waals surface area contributed by atoms with Gasteiger partial charge in [-0.1, -0.05) is 0 Å². The Morgan fingerprint density at radius 2 is 1.95 bits per heavy atom. The normalized spacial score (nSPS) is 11.9. The maximum Gasteiger partial charge on any atom is 0.418 e. The van der Waals surface area contributed by atoms with Crippen LogP contribution in [0.4, 0.5) is 19.0 Å². The van der Waals surface area contributed by atoms with Crippen LogP contribution in [0.3, 0.4) is 0 Å². The zero-order chi connectivity index (χ0) is 14.3. The summed E-state index contributed by atoms with van der Waals surface area (Å²) in [5, 5.41) is 4.04. The predicted octanol–water partition coefficient (Wildman–Crippen LogP) is 2.39. The summed E-state index contributed by atoms with van der Waals surface area (Å²) >= 11 is 0. The van der Waals surface area contributed by atoms with E-state index in [1.807, 2.05) is 0 Å². The zero-order valence-corrected chi connectivity index (χ0v) is 9.96. The highest BCUT2D eigenvalue weighted by atomic mass is 19.4. The lowest BCUT2D eigenvalue weighted by molar-refractivity contribution is -0.137. The molecule has 5 nitrogen and oxygen atoms in total. The second-order valence-corrected chi connectivity index (χ2v) is 4.11. The average Bonchev–Trinajstić information content (AvgIpc) is 2.84. The van der Waals surface area contributed by atoms with Crippen molar-refractivity contribution in [3.63, 3.8) is 0 Å². The van der Waals surface area contributed by atoms with Crippen molar-refractivity contribution < 1.29 is 13.2 Å². The van der Waals surface area contributed by atoms with Crippen molar-refractivity contribution >= 4 is 11.3 Å². The Kier molecular flexibility index (Phi) is 2.60. The number of nitrogens with two attached hydrogens (primary N) is 1. The molecular weight excluding hydrogens is 271 g/mol. The molecule has 0 saturated carbocycles. The van der Waals surface area contributed by atoms with E-state index in [0.29, 0.717) is 11.7 Å². The van der Waals surface area contributed by atoms with Gasteiger partial charge in [-0.05, 0) is 18.2 Å². The predicted molar refractivity (Wildman–Crippen MR) is 65.6 cm³/mol. The SMILES string of the molecule is Nc1cc(-c2ncc3cccn3n2)c(C(F)(F)F)cn1. The van der Waals surface area contributed by atoms with E-state index in [1.54, 1.807) is 18.3 Å². The highest BCUT2D eigenvalue weighted by Gasteiger charge is 2.35. The van der Waals surface area contributed by atoms with Gasteiger partial charge in [-0.2, -0.15) is 13.2 Å². The lowest BCUT2D eigenvalue weighted by Gasteiger charge is -2.11. The topological polar surface area (TPSA) is 69.1 Å². The summed E-state index contributed by atoms with van der Waals surface area (Å²) < 4.78 is 40.4. The van der Waals surface area contributed by atoms with E-state index >= 15 is 0 Å². The minimum Gasteiger partial charge on any atom is -0.384 e. The second kappa shape index (κ2) is 4.19. The summed E-state index contributed by atoms with van der Waals surface area (Å²) in [5.74, 6) is -0.0840. The Bertz CT molecular complexity index is 778. The number of alkyl halides is 3. The van der Waals surface area contributed by atoms with E-state index in [2.05, 4.69) is 15.1 Å². The molecule has 0 amide bonds. The van der Waals surface area contributed by atoms with Gasteiger partial charge in [0.2, 0.25) is 0 Å². The van der Waals surface area contributed by atoms with Crippen molar-refractivity contribution in [2.75, 3.05) is 5.73 Å². The lowest BCUT2D eigenvalue weighted by atomic mass is 10.1. The van der Waals surface area contributed by atoms with Gasteiger partial charge in [0.1, 0.15) is 5.82 Å². The second-order valence-electron chi connectivity index (χ2n) is 4.11. The number of rotatable bonds is 1. The third-order valence-corrected chi connectivity index (χ3v) is 2.75. The number of nitrogens with zero attached hydrogens (tertiary/aromatic N) is 4. The van der Waals surface area contributed by atoms with Crippen molar-refractivity contribution in [1.82, 2.24) is 19.6 Å². The first kappa shape index (κ1) is 12.4. The fourth-order valence-electron chi connectivity index (χ4n) is 1.84. The number of halogens is 3. The van der Waals surface area contributed by atoms with Gasteiger partial charge >= 0.3 is 6.18 Å². The van der Waals surface area contributed by atoms with Gasteiger partial charge in [0.15, 0.2) is 5.82 Å². The summed E-state index contributed by atoms with van der Waals surface area (Å²) in [6, 6.07) is 4.59. The Hall–Kier alpha value is -2.64. The molecule has 3 heterocycles. The van der Waals surface area contributed by atoms with Crippen molar-refractivity contribution in [2.45, 2.75) is 6.18 Å². The van der Waals surface area contributed by atoms with E-state index in [1.165, 1.54) is 10.7 Å². The van der Waals surface area contributed by atoms with Crippen LogP contribution in [0.25, 0.3) is 16.9 Å². The molecule has 0 bridgehead atoms. The fourth-order valence-corrected chi connectivity index (χ4v) is 1.84. The first-order valence-electron chi connectivity index (χ1n) is 5.58. The number of fused-ring (bicyclic) bond motifs is 1. The van der Waals surface area contributed by atoms with Gasteiger partial charge in [-0.15, -0.1) is 5.10 Å². The molecule has 3 rings (SSSR count). The van der Waals surface area contributed by atoms with Crippen molar-refractivity contribution in [3.8, 4) is 11.4 Å². The van der Waals surface area contributed by atoms with E-state index in [-0.39, 0.29) is 17.2 Å². The zero-order valence-electron chi connectivity index (χ0n) is 9.96. The van der Waals surface area contributed by atoms with Crippen LogP contribution in [0.15, 0.2) is 36.8 Å². The average molecular weight is 279 g/mol. The Morgan fingerprint density at radius 3 is 2.70 bits per heavy atom. The minimum atomic E-state index is -4.55. The van der Waals surface area contributed by atoms with E-state index in [0.717, 1.165) is 6.07 Å². The Labute approximate surface area is 110 Å². The molecule has 20 heavy (non-hydrogen) atoms. The quantitative estimate of drug-likeness (QED) is 0.742. The molecule has 0 unspecified atom stereocenters. The minimum absolute atomic E-state index is 0.0239. The standard InChI is InChI=1S/C12H8F3N5/c13-12(14,15)9-6-17-10(16)4-8(9)11-18-5-7-2-1-3-20(7)19-11/h1-6H,(H2,16,17). The van der Waals surface area contributed by atoms with Gasteiger partial charge < -0.3 is 5.73 Å². The molecule has 3 aromatic heterocycles. The first-order chi connectivity index (χ1) is 9.45. The summed E-state index contributed by atoms with van der Waals surface area (Å²) in [4.78, 5) is 7.43. The van der Waals surface area contributed by atoms with Gasteiger partial charge in [0, 0.05) is 18.0 Å². The highest BCUT2D eigenvalue weighted by molar-refractivity contribution is 5.64. The summed E-state index contributed by atoms with van der Waals surface area (Å²) in [6.45, 7) is 0. The number of aromatic nitrogens is 4. The molecule has 102 valence electrons. The molecule has 0 spiro atoms. The monoisotopic (exact) mass is 279 g/mol. The van der Waals surface area contributed by atoms with Gasteiger partial charge in [0.25, 0.3) is 0 Å². The number of pyridine rings is 1. The molecule has 0 aromatic carbocycles. The third-order valence-electron chi connectivity index (χ3n) is 2.75. The van der Waals surface area contributed by atoms with Crippen molar-refractivity contribution in [2.24, 2.45) is 0 Å². The third kappa shape index (κ3) is 2.04. The van der Waals surface area contributed by atoms with E-state index < -0.39 is 11.7 Å². The van der Waals surface area contributed by atoms with Gasteiger partial charge in [-0.25, -0.2) is 14.5 Å². The smallest absolute Gasteiger partial charge is 0.384 e. The maximum absolute atomic E-state index is 13.0. The molecule has 0 saturated heterocycles. The van der Waals surface area contributed by atoms with E-state index in [4.69, 9.17) is 5.73 Å². The van der Waals surface area contributed by atoms with Crippen LogP contribution in [-0.2, 0) is 6.18 Å². The Morgan fingerprint density at radius 1 is 1.15 bits per heavy atom. The first-order valence-corrected chi connectivity index (χ1v) is 5.58. The fraction of sp³-hybridized carbons (Fsp3) is 0.0833. The molecule has 0 radical (unpaired) electrons. The molecule has 0 fully saturated rings. The van der Waals surface area contributed by atoms with Crippen molar-refractivity contribution in [1.29, 1.82) is 0 Å². The largest absolute Gasteiger partial charge is 0.418 e. The van der Waals surface area contributed by atoms with Crippen LogP contribution in [0, 0.1) is 0 Å². The summed E-state index contributed by atoms with van der Waals surface area (Å²) in [6.07, 6.45) is -0.795. The summed E-state index contributed by atoms with van der Waals surface area (Å²) in [5.41, 5.74) is 5.03. The molecule has 0 aliphatic carbocycles. The number of nitrogen functional groups attached to an aromatic ring is 1. The lowest BCUT2D eigenvalue weighted by Crippen LogP contribution is -2.10. The van der Waals surface area contributed by atoms with Crippen LogP contribution >= 0.6 is 0 Å². The van der Waals surface area contributed by atoms with Crippen LogP contribution in [0.1, 0.15) is 5.56 Å². The Balaban J connectivity index is 2.24. The van der Waals surface area contributed by atoms with Gasteiger partial charge in [0.05, 0.1) is 17.3 Å². The van der Waals surface area contributed by atoms with Gasteiger partial charge in [-0.3, -0.25) is 0 Å². The molecule has 0 atom stereocenters. The van der Waals surface area contributed by atoms with Crippen LogP contribution in [-0.4, -0.2) is 19.6 Å². The van der Waals surface area contributed by atoms with Crippen LogP contribution < -0.4 is 5.73 Å². The molecule has 0 aliphatic rings. The maximum atomic E-state index is 13.0. The molecular formula is C12H8F3N5.